The van der Waals surface area contributed by atoms with Gasteiger partial charge in [-0.1, -0.05) is 30.3 Å². The number of alkyl halides is 3. The molecule has 11 nitrogen and oxygen atoms in total. The van der Waals surface area contributed by atoms with Crippen LogP contribution >= 0.6 is 0 Å². The molecule has 0 unspecified atom stereocenters. The molecule has 2 N–H and O–H groups in total. The van der Waals surface area contributed by atoms with Crippen LogP contribution in [0, 0.1) is 0 Å². The number of carbonyl (C=O) groups excluding carboxylic acids is 3. The van der Waals surface area contributed by atoms with E-state index in [1.54, 1.807) is 29.7 Å². The molecule has 0 bridgehead atoms. The zero-order valence-corrected chi connectivity index (χ0v) is 23.2. The number of anilines is 1. The normalized spacial score (nSPS) is 15.5. The second kappa shape index (κ2) is 11.8. The molecule has 1 fully saturated rings. The fourth-order valence-electron chi connectivity index (χ4n) is 4.47. The van der Waals surface area contributed by atoms with Crippen molar-refractivity contribution in [2.45, 2.75) is 12.7 Å². The quantitative estimate of drug-likeness (QED) is 0.420. The number of urea groups is 1. The standard InChI is InChI=1S/C28H25F3N4O7S/c29-28(30,31)26(37)33-32-25(36)19-6-4-18(5-7-19)16-35(27(38)34-10-12-43(39,40)13-11-34)22-3-1-2-20(14-22)21-8-9-23-24(15-21)42-17-41-23/h1-9,14-15H,10-13,16-17H2,(H,32,36)(H,33,37). The number of sulfone groups is 1. The molecule has 2 heterocycles. The van der Waals surface area contributed by atoms with Crippen molar-refractivity contribution >= 4 is 33.4 Å². The molecule has 0 spiro atoms. The summed E-state index contributed by atoms with van der Waals surface area (Å²) in [5.74, 6) is -2.39. The Kier molecular flexibility index (Phi) is 8.17. The summed E-state index contributed by atoms with van der Waals surface area (Å²) in [6.07, 6.45) is -5.16. The van der Waals surface area contributed by atoms with Gasteiger partial charge in [0.25, 0.3) is 5.91 Å². The summed E-state index contributed by atoms with van der Waals surface area (Å²) in [7, 11) is -3.24. The molecule has 2 aliphatic heterocycles. The molecule has 0 radical (unpaired) electrons. The highest BCUT2D eigenvalue weighted by atomic mass is 32.2. The van der Waals surface area contributed by atoms with Crippen LogP contribution in [0.5, 0.6) is 11.5 Å². The molecule has 0 aromatic heterocycles. The summed E-state index contributed by atoms with van der Waals surface area (Å²) in [5, 5.41) is 0. The van der Waals surface area contributed by atoms with Gasteiger partial charge in [0, 0.05) is 24.3 Å². The number of ether oxygens (including phenoxy) is 2. The fraction of sp³-hybridized carbons (Fsp3) is 0.250. The lowest BCUT2D eigenvalue weighted by Gasteiger charge is -2.33. The Bertz CT molecular complexity index is 1650. The lowest BCUT2D eigenvalue weighted by atomic mass is 10.0. The van der Waals surface area contributed by atoms with Crippen LogP contribution in [0.3, 0.4) is 0 Å². The first-order chi connectivity index (χ1) is 20.4. The van der Waals surface area contributed by atoms with Crippen LogP contribution in [-0.2, 0) is 21.2 Å². The van der Waals surface area contributed by atoms with Crippen molar-refractivity contribution in [2.24, 2.45) is 0 Å². The minimum Gasteiger partial charge on any atom is -0.454 e. The minimum atomic E-state index is -5.16. The van der Waals surface area contributed by atoms with Crippen LogP contribution in [0.2, 0.25) is 0 Å². The predicted molar refractivity (Wildman–Crippen MR) is 148 cm³/mol. The zero-order chi connectivity index (χ0) is 30.8. The summed E-state index contributed by atoms with van der Waals surface area (Å²) in [6, 6.07) is 17.9. The Labute approximate surface area is 244 Å². The van der Waals surface area contributed by atoms with E-state index in [2.05, 4.69) is 0 Å². The van der Waals surface area contributed by atoms with Crippen molar-refractivity contribution < 1.29 is 45.4 Å². The molecule has 43 heavy (non-hydrogen) atoms. The van der Waals surface area contributed by atoms with Crippen LogP contribution < -0.4 is 25.2 Å². The van der Waals surface area contributed by atoms with Crippen molar-refractivity contribution in [3.05, 3.63) is 77.9 Å². The lowest BCUT2D eigenvalue weighted by Crippen LogP contribution is -2.49. The number of benzene rings is 3. The van der Waals surface area contributed by atoms with Crippen molar-refractivity contribution in [3.63, 3.8) is 0 Å². The number of amides is 4. The third-order valence-corrected chi connectivity index (χ3v) is 8.42. The van der Waals surface area contributed by atoms with Gasteiger partial charge >= 0.3 is 18.1 Å². The molecule has 1 saturated heterocycles. The SMILES string of the molecule is O=C(NNC(=O)C(F)(F)F)c1ccc(CN(C(=O)N2CCS(=O)(=O)CC2)c2cccc(-c3ccc4c(c3)OCO4)c2)cc1. The highest BCUT2D eigenvalue weighted by molar-refractivity contribution is 7.91. The molecule has 0 aliphatic carbocycles. The first kappa shape index (κ1) is 29.7. The van der Waals surface area contributed by atoms with Crippen LogP contribution in [0.15, 0.2) is 66.7 Å². The third-order valence-electron chi connectivity index (χ3n) is 6.81. The van der Waals surface area contributed by atoms with Gasteiger partial charge in [-0.15, -0.1) is 0 Å². The Morgan fingerprint density at radius 2 is 1.53 bits per heavy atom. The number of hydrogen-bond donors (Lipinski definition) is 2. The maximum atomic E-state index is 13.7. The van der Waals surface area contributed by atoms with E-state index in [1.807, 2.05) is 18.2 Å². The third kappa shape index (κ3) is 6.99. The molecule has 226 valence electrons. The largest absolute Gasteiger partial charge is 0.472 e. The topological polar surface area (TPSA) is 134 Å². The van der Waals surface area contributed by atoms with E-state index >= 15 is 0 Å². The maximum Gasteiger partial charge on any atom is 0.472 e. The van der Waals surface area contributed by atoms with Crippen LogP contribution in [0.25, 0.3) is 11.1 Å². The molecule has 0 saturated carbocycles. The van der Waals surface area contributed by atoms with E-state index in [1.165, 1.54) is 39.5 Å². The van der Waals surface area contributed by atoms with Crippen molar-refractivity contribution in [2.75, 3.05) is 36.3 Å². The molecule has 4 amide bonds. The molecular weight excluding hydrogens is 593 g/mol. The second-order valence-corrected chi connectivity index (χ2v) is 12.0. The number of carbonyl (C=O) groups is 3. The highest BCUT2D eigenvalue weighted by Crippen LogP contribution is 2.37. The maximum absolute atomic E-state index is 13.7. The number of rotatable bonds is 5. The molecule has 0 atom stereocenters. The smallest absolute Gasteiger partial charge is 0.454 e. The van der Waals surface area contributed by atoms with Crippen molar-refractivity contribution in [1.82, 2.24) is 15.8 Å². The van der Waals surface area contributed by atoms with Gasteiger partial charge in [0.1, 0.15) is 0 Å². The van der Waals surface area contributed by atoms with E-state index in [0.717, 1.165) is 11.1 Å². The lowest BCUT2D eigenvalue weighted by molar-refractivity contribution is -0.174. The van der Waals surface area contributed by atoms with E-state index in [0.29, 0.717) is 22.7 Å². The van der Waals surface area contributed by atoms with Crippen molar-refractivity contribution in [1.29, 1.82) is 0 Å². The first-order valence-electron chi connectivity index (χ1n) is 12.9. The number of fused-ring (bicyclic) bond motifs is 1. The average molecular weight is 619 g/mol. The monoisotopic (exact) mass is 618 g/mol. The summed E-state index contributed by atoms with van der Waals surface area (Å²) in [4.78, 5) is 39.9. The van der Waals surface area contributed by atoms with E-state index in [9.17, 15) is 36.0 Å². The van der Waals surface area contributed by atoms with E-state index in [-0.39, 0.29) is 43.5 Å². The number of hydrogen-bond acceptors (Lipinski definition) is 7. The molecule has 5 rings (SSSR count). The number of hydrazine groups is 1. The molecule has 2 aliphatic rings. The van der Waals surface area contributed by atoms with Crippen molar-refractivity contribution in [3.8, 4) is 22.6 Å². The zero-order valence-electron chi connectivity index (χ0n) is 22.4. The second-order valence-electron chi connectivity index (χ2n) is 9.73. The van der Waals surface area contributed by atoms with Gasteiger partial charge in [-0.25, -0.2) is 13.2 Å². The van der Waals surface area contributed by atoms with Gasteiger partial charge in [0.15, 0.2) is 21.3 Å². The Balaban J connectivity index is 1.38. The van der Waals surface area contributed by atoms with Gasteiger partial charge in [0.05, 0.1) is 18.1 Å². The summed E-state index contributed by atoms with van der Waals surface area (Å²) in [6.45, 7) is 0.208. The predicted octanol–water partition coefficient (Wildman–Crippen LogP) is 3.26. The summed E-state index contributed by atoms with van der Waals surface area (Å²) < 4.78 is 72.0. The number of nitrogens with zero attached hydrogens (tertiary/aromatic N) is 2. The van der Waals surface area contributed by atoms with Gasteiger partial charge < -0.3 is 14.4 Å². The van der Waals surface area contributed by atoms with Gasteiger partial charge in [0.2, 0.25) is 6.79 Å². The molecule has 3 aromatic carbocycles. The molecule has 15 heteroatoms. The highest BCUT2D eigenvalue weighted by Gasteiger charge is 2.39. The molecule has 3 aromatic rings. The van der Waals surface area contributed by atoms with Crippen LogP contribution in [-0.4, -0.2) is 68.7 Å². The van der Waals surface area contributed by atoms with E-state index < -0.39 is 33.9 Å². The first-order valence-corrected chi connectivity index (χ1v) is 14.8. The van der Waals surface area contributed by atoms with Gasteiger partial charge in [-0.05, 0) is 53.1 Å². The average Bonchev–Trinajstić information content (AvgIpc) is 3.46. The minimum absolute atomic E-state index is 0.0272. The number of halogens is 3. The van der Waals surface area contributed by atoms with Gasteiger partial charge in [-0.2, -0.15) is 13.2 Å². The Morgan fingerprint density at radius 3 is 2.23 bits per heavy atom. The van der Waals surface area contributed by atoms with Crippen LogP contribution in [0.4, 0.5) is 23.7 Å². The van der Waals surface area contributed by atoms with E-state index in [4.69, 9.17) is 9.47 Å². The number of nitrogens with one attached hydrogen (secondary N) is 2. The van der Waals surface area contributed by atoms with Gasteiger partial charge in [-0.3, -0.25) is 25.3 Å². The van der Waals surface area contributed by atoms with Crippen LogP contribution in [0.1, 0.15) is 15.9 Å². The molecular formula is C28H25F3N4O7S. The Hall–Kier alpha value is -4.79. The summed E-state index contributed by atoms with van der Waals surface area (Å²) >= 11 is 0. The fourth-order valence-corrected chi connectivity index (χ4v) is 5.68. The Morgan fingerprint density at radius 1 is 0.860 bits per heavy atom. The summed E-state index contributed by atoms with van der Waals surface area (Å²) in [5.41, 5.74) is 5.65.